The molecule has 0 bridgehead atoms. The molecule has 6 heteroatoms. The Kier molecular flexibility index (Phi) is 4.97. The van der Waals surface area contributed by atoms with Gasteiger partial charge < -0.3 is 0 Å². The summed E-state index contributed by atoms with van der Waals surface area (Å²) < 4.78 is 0. The standard InChI is InChI=1S/C18H22N4O2/c1-11-10-12(2)20-17(19-11)22-21-16(24)15(23)13-6-8-14(9-7-13)18(3,4)5/h6-10H,1-5H3,(H,21,24)(H,19,20,22). The molecular weight excluding hydrogens is 304 g/mol. The van der Waals surface area contributed by atoms with Gasteiger partial charge in [-0.15, -0.1) is 0 Å². The first-order valence-corrected chi connectivity index (χ1v) is 7.70. The molecule has 2 rings (SSSR count). The molecule has 126 valence electrons. The van der Waals surface area contributed by atoms with E-state index in [0.717, 1.165) is 17.0 Å². The van der Waals surface area contributed by atoms with E-state index in [9.17, 15) is 9.59 Å². The first-order valence-electron chi connectivity index (χ1n) is 7.70. The predicted octanol–water partition coefficient (Wildman–Crippen LogP) is 2.72. The van der Waals surface area contributed by atoms with Gasteiger partial charge in [0, 0.05) is 17.0 Å². The zero-order chi connectivity index (χ0) is 17.9. The Morgan fingerprint density at radius 1 is 0.958 bits per heavy atom. The molecule has 2 aromatic rings. The fourth-order valence-corrected chi connectivity index (χ4v) is 2.20. The topological polar surface area (TPSA) is 84.0 Å². The number of rotatable bonds is 4. The molecule has 0 fully saturated rings. The average molecular weight is 326 g/mol. The van der Waals surface area contributed by atoms with Crippen molar-refractivity contribution in [1.29, 1.82) is 0 Å². The molecule has 1 aromatic heterocycles. The molecule has 1 aromatic carbocycles. The Morgan fingerprint density at radius 3 is 2.00 bits per heavy atom. The number of aromatic nitrogens is 2. The quantitative estimate of drug-likeness (QED) is 0.513. The maximum Gasteiger partial charge on any atom is 0.310 e. The number of nitrogens with zero attached hydrogens (tertiary/aromatic N) is 2. The lowest BCUT2D eigenvalue weighted by Crippen LogP contribution is -2.36. The van der Waals surface area contributed by atoms with Crippen LogP contribution in [0.15, 0.2) is 30.3 Å². The number of carbonyl (C=O) groups is 2. The lowest BCUT2D eigenvalue weighted by Gasteiger charge is -2.18. The summed E-state index contributed by atoms with van der Waals surface area (Å²) in [7, 11) is 0. The molecule has 0 saturated heterocycles. The minimum Gasteiger partial charge on any atom is -0.283 e. The average Bonchev–Trinajstić information content (AvgIpc) is 2.50. The first-order chi connectivity index (χ1) is 11.2. The summed E-state index contributed by atoms with van der Waals surface area (Å²) in [6.07, 6.45) is 0. The highest BCUT2D eigenvalue weighted by atomic mass is 16.2. The molecule has 1 amide bonds. The van der Waals surface area contributed by atoms with E-state index >= 15 is 0 Å². The summed E-state index contributed by atoms with van der Waals surface area (Å²) in [4.78, 5) is 32.4. The van der Waals surface area contributed by atoms with Crippen LogP contribution in [0.4, 0.5) is 5.95 Å². The van der Waals surface area contributed by atoms with Crippen molar-refractivity contribution < 1.29 is 9.59 Å². The highest BCUT2D eigenvalue weighted by Crippen LogP contribution is 2.22. The number of nitrogens with one attached hydrogen (secondary N) is 2. The van der Waals surface area contributed by atoms with E-state index in [1.807, 2.05) is 32.0 Å². The lowest BCUT2D eigenvalue weighted by atomic mass is 9.86. The number of hydrogen-bond donors (Lipinski definition) is 2. The van der Waals surface area contributed by atoms with E-state index in [1.54, 1.807) is 12.1 Å². The van der Waals surface area contributed by atoms with E-state index < -0.39 is 11.7 Å². The maximum absolute atomic E-state index is 12.2. The molecule has 6 nitrogen and oxygen atoms in total. The number of ketones is 1. The molecule has 0 unspecified atom stereocenters. The van der Waals surface area contributed by atoms with Crippen LogP contribution in [0.1, 0.15) is 48.1 Å². The van der Waals surface area contributed by atoms with Gasteiger partial charge in [0.15, 0.2) is 0 Å². The lowest BCUT2D eigenvalue weighted by molar-refractivity contribution is -0.116. The number of hydrogen-bond acceptors (Lipinski definition) is 5. The van der Waals surface area contributed by atoms with Gasteiger partial charge in [0.2, 0.25) is 5.95 Å². The number of Topliss-reactive ketones (excluding diaryl/α,β-unsaturated/α-hetero) is 1. The van der Waals surface area contributed by atoms with Gasteiger partial charge in [-0.1, -0.05) is 45.0 Å². The number of aryl methyl sites for hydroxylation is 2. The van der Waals surface area contributed by atoms with Crippen molar-refractivity contribution in [2.75, 3.05) is 5.43 Å². The fourth-order valence-electron chi connectivity index (χ4n) is 2.20. The van der Waals surface area contributed by atoms with Crippen LogP contribution in [0, 0.1) is 13.8 Å². The van der Waals surface area contributed by atoms with E-state index in [0.29, 0.717) is 5.56 Å². The second kappa shape index (κ2) is 6.78. The maximum atomic E-state index is 12.2. The van der Waals surface area contributed by atoms with Crippen LogP contribution >= 0.6 is 0 Å². The summed E-state index contributed by atoms with van der Waals surface area (Å²) in [5.41, 5.74) is 7.86. The van der Waals surface area contributed by atoms with Crippen molar-refractivity contribution in [2.45, 2.75) is 40.0 Å². The SMILES string of the molecule is Cc1cc(C)nc(NNC(=O)C(=O)c2ccc(C(C)(C)C)cc2)n1. The minimum atomic E-state index is -0.763. The van der Waals surface area contributed by atoms with Crippen molar-refractivity contribution in [3.8, 4) is 0 Å². The molecule has 24 heavy (non-hydrogen) atoms. The Labute approximate surface area is 141 Å². The number of anilines is 1. The summed E-state index contributed by atoms with van der Waals surface area (Å²) in [5, 5.41) is 0. The van der Waals surface area contributed by atoms with Crippen molar-refractivity contribution in [2.24, 2.45) is 0 Å². The molecule has 0 aliphatic rings. The Bertz CT molecular complexity index is 741. The molecule has 0 saturated carbocycles. The van der Waals surface area contributed by atoms with Gasteiger partial charge in [0.05, 0.1) is 0 Å². The van der Waals surface area contributed by atoms with Crippen LogP contribution in [0.5, 0.6) is 0 Å². The van der Waals surface area contributed by atoms with E-state index in [4.69, 9.17) is 0 Å². The largest absolute Gasteiger partial charge is 0.310 e. The van der Waals surface area contributed by atoms with Gasteiger partial charge >= 0.3 is 5.91 Å². The van der Waals surface area contributed by atoms with Gasteiger partial charge in [-0.05, 0) is 30.9 Å². The molecule has 2 N–H and O–H groups in total. The van der Waals surface area contributed by atoms with Crippen molar-refractivity contribution in [1.82, 2.24) is 15.4 Å². The summed E-state index contributed by atoms with van der Waals surface area (Å²) in [5.74, 6) is -1.13. The fraction of sp³-hybridized carbons (Fsp3) is 0.333. The second-order valence-corrected chi connectivity index (χ2v) is 6.71. The smallest absolute Gasteiger partial charge is 0.283 e. The number of hydrazine groups is 1. The Morgan fingerprint density at radius 2 is 1.50 bits per heavy atom. The number of benzene rings is 1. The van der Waals surface area contributed by atoms with Gasteiger partial charge in [-0.3, -0.25) is 20.4 Å². The van der Waals surface area contributed by atoms with E-state index in [-0.39, 0.29) is 11.4 Å². The first kappa shape index (κ1) is 17.6. The Hall–Kier alpha value is -2.76. The van der Waals surface area contributed by atoms with Crippen LogP contribution in [0.3, 0.4) is 0 Å². The summed E-state index contributed by atoms with van der Waals surface area (Å²) >= 11 is 0. The van der Waals surface area contributed by atoms with E-state index in [2.05, 4.69) is 41.6 Å². The van der Waals surface area contributed by atoms with Gasteiger partial charge in [-0.2, -0.15) is 0 Å². The highest BCUT2D eigenvalue weighted by Gasteiger charge is 2.18. The number of carbonyl (C=O) groups excluding carboxylic acids is 2. The van der Waals surface area contributed by atoms with Gasteiger partial charge in [0.25, 0.3) is 5.78 Å². The van der Waals surface area contributed by atoms with Gasteiger partial charge in [0.1, 0.15) is 0 Å². The molecule has 0 spiro atoms. The Balaban J connectivity index is 2.03. The van der Waals surface area contributed by atoms with Crippen molar-refractivity contribution in [3.05, 3.63) is 52.8 Å². The second-order valence-electron chi connectivity index (χ2n) is 6.71. The third kappa shape index (κ3) is 4.38. The van der Waals surface area contributed by atoms with Gasteiger partial charge in [-0.25, -0.2) is 9.97 Å². The van der Waals surface area contributed by atoms with E-state index in [1.165, 1.54) is 0 Å². The zero-order valence-electron chi connectivity index (χ0n) is 14.6. The summed E-state index contributed by atoms with van der Waals surface area (Å²) in [6.45, 7) is 9.91. The molecule has 1 heterocycles. The molecule has 0 aliphatic heterocycles. The van der Waals surface area contributed by atoms with Crippen molar-refractivity contribution in [3.63, 3.8) is 0 Å². The monoisotopic (exact) mass is 326 g/mol. The molecule has 0 aliphatic carbocycles. The summed E-state index contributed by atoms with van der Waals surface area (Å²) in [6, 6.07) is 8.86. The number of amides is 1. The van der Waals surface area contributed by atoms with Crippen LogP contribution in [0.2, 0.25) is 0 Å². The van der Waals surface area contributed by atoms with Crippen LogP contribution in [0.25, 0.3) is 0 Å². The third-order valence-corrected chi connectivity index (χ3v) is 3.49. The normalized spacial score (nSPS) is 11.0. The highest BCUT2D eigenvalue weighted by molar-refractivity contribution is 6.42. The van der Waals surface area contributed by atoms with Crippen LogP contribution in [-0.2, 0) is 10.2 Å². The minimum absolute atomic E-state index is 0.00817. The zero-order valence-corrected chi connectivity index (χ0v) is 14.6. The molecule has 0 atom stereocenters. The van der Waals surface area contributed by atoms with Crippen LogP contribution < -0.4 is 10.9 Å². The van der Waals surface area contributed by atoms with Crippen LogP contribution in [-0.4, -0.2) is 21.7 Å². The molecule has 0 radical (unpaired) electrons. The third-order valence-electron chi connectivity index (χ3n) is 3.49. The predicted molar refractivity (Wildman–Crippen MR) is 92.7 cm³/mol. The van der Waals surface area contributed by atoms with Crippen molar-refractivity contribution >= 4 is 17.6 Å². The molecular formula is C18H22N4O2.